The molecule has 108 valence electrons. The number of nitrogens with one attached hydrogen (secondary N) is 1. The second kappa shape index (κ2) is 11.5. The highest BCUT2D eigenvalue weighted by atomic mass is 16.5. The van der Waals surface area contributed by atoms with E-state index in [9.17, 15) is 4.79 Å². The van der Waals surface area contributed by atoms with Crippen molar-refractivity contribution in [2.75, 3.05) is 13.7 Å². The van der Waals surface area contributed by atoms with Gasteiger partial charge in [0.1, 0.15) is 0 Å². The summed E-state index contributed by atoms with van der Waals surface area (Å²) in [5.41, 5.74) is 5.82. The summed E-state index contributed by atoms with van der Waals surface area (Å²) >= 11 is 0. The van der Waals surface area contributed by atoms with Crippen LogP contribution in [0.4, 0.5) is 0 Å². The van der Waals surface area contributed by atoms with Crippen LogP contribution in [-0.2, 0) is 9.53 Å². The van der Waals surface area contributed by atoms with Gasteiger partial charge in [-0.15, -0.1) is 0 Å². The van der Waals surface area contributed by atoms with Crippen molar-refractivity contribution in [3.63, 3.8) is 0 Å². The minimum Gasteiger partial charge on any atom is -0.385 e. The van der Waals surface area contributed by atoms with E-state index in [1.165, 1.54) is 25.7 Å². The van der Waals surface area contributed by atoms with Gasteiger partial charge in [-0.05, 0) is 26.2 Å². The number of methoxy groups -OCH3 is 1. The number of carbonyl (C=O) groups is 1. The molecule has 0 aromatic heterocycles. The molecule has 0 saturated carbocycles. The lowest BCUT2D eigenvalue weighted by molar-refractivity contribution is -0.123. The summed E-state index contributed by atoms with van der Waals surface area (Å²) in [7, 11) is 1.66. The van der Waals surface area contributed by atoms with Gasteiger partial charge < -0.3 is 15.8 Å². The van der Waals surface area contributed by atoms with Crippen LogP contribution in [0.25, 0.3) is 0 Å². The molecule has 0 aliphatic rings. The van der Waals surface area contributed by atoms with E-state index < -0.39 is 6.04 Å². The zero-order valence-corrected chi connectivity index (χ0v) is 12.2. The molecule has 1 amide bonds. The molecule has 0 fully saturated rings. The Morgan fingerprint density at radius 2 is 1.94 bits per heavy atom. The fourth-order valence-electron chi connectivity index (χ4n) is 1.88. The molecule has 0 spiro atoms. The normalized spacial score (nSPS) is 14.2. The minimum absolute atomic E-state index is 0.0332. The lowest BCUT2D eigenvalue weighted by atomic mass is 10.1. The third kappa shape index (κ3) is 9.42. The molecule has 0 aliphatic carbocycles. The lowest BCUT2D eigenvalue weighted by Gasteiger charge is -2.17. The highest BCUT2D eigenvalue weighted by Gasteiger charge is 2.14. The number of carbonyl (C=O) groups excluding carboxylic acids is 1. The number of hydrogen-bond donors (Lipinski definition) is 2. The van der Waals surface area contributed by atoms with Crippen LogP contribution < -0.4 is 11.1 Å². The Bertz CT molecular complexity index is 210. The first-order valence-electron chi connectivity index (χ1n) is 7.16. The van der Waals surface area contributed by atoms with Gasteiger partial charge in [0, 0.05) is 19.8 Å². The number of unbranched alkanes of at least 4 members (excludes halogenated alkanes) is 3. The first kappa shape index (κ1) is 17.4. The Kier molecular flexibility index (Phi) is 11.1. The van der Waals surface area contributed by atoms with Crippen molar-refractivity contribution in [3.8, 4) is 0 Å². The molecular formula is C14H30N2O2. The fraction of sp³-hybridized carbons (Fsp3) is 0.929. The molecule has 0 aromatic carbocycles. The van der Waals surface area contributed by atoms with E-state index in [1.54, 1.807) is 7.11 Å². The summed E-state index contributed by atoms with van der Waals surface area (Å²) in [5.74, 6) is -0.0332. The largest absolute Gasteiger partial charge is 0.385 e. The summed E-state index contributed by atoms with van der Waals surface area (Å²) in [6, 6.07) is -0.180. The van der Waals surface area contributed by atoms with Crippen molar-refractivity contribution >= 4 is 5.91 Å². The second-order valence-corrected chi connectivity index (χ2v) is 5.00. The van der Waals surface area contributed by atoms with Crippen LogP contribution in [0.2, 0.25) is 0 Å². The number of amides is 1. The SMILES string of the molecule is CCCCCCC(C)NC(=O)C(N)CCCOC. The maximum atomic E-state index is 11.8. The van der Waals surface area contributed by atoms with Crippen molar-refractivity contribution in [3.05, 3.63) is 0 Å². The zero-order chi connectivity index (χ0) is 13.8. The summed E-state index contributed by atoms with van der Waals surface area (Å²) in [6.07, 6.45) is 7.49. The van der Waals surface area contributed by atoms with E-state index in [-0.39, 0.29) is 11.9 Å². The maximum absolute atomic E-state index is 11.8. The van der Waals surface area contributed by atoms with Crippen molar-refractivity contribution in [1.29, 1.82) is 0 Å². The molecule has 0 aromatic rings. The predicted molar refractivity (Wildman–Crippen MR) is 75.4 cm³/mol. The van der Waals surface area contributed by atoms with Crippen LogP contribution in [0.1, 0.15) is 58.8 Å². The Hall–Kier alpha value is -0.610. The van der Waals surface area contributed by atoms with Crippen LogP contribution in [0.3, 0.4) is 0 Å². The molecule has 2 atom stereocenters. The van der Waals surface area contributed by atoms with Crippen LogP contribution >= 0.6 is 0 Å². The van der Waals surface area contributed by atoms with Gasteiger partial charge in [0.2, 0.25) is 5.91 Å². The van der Waals surface area contributed by atoms with Gasteiger partial charge in [0.25, 0.3) is 0 Å². The molecule has 0 bridgehead atoms. The third-order valence-electron chi connectivity index (χ3n) is 3.08. The van der Waals surface area contributed by atoms with Gasteiger partial charge in [0.05, 0.1) is 6.04 Å². The van der Waals surface area contributed by atoms with E-state index in [4.69, 9.17) is 10.5 Å². The van der Waals surface area contributed by atoms with Crippen molar-refractivity contribution < 1.29 is 9.53 Å². The van der Waals surface area contributed by atoms with Gasteiger partial charge >= 0.3 is 0 Å². The smallest absolute Gasteiger partial charge is 0.237 e. The molecule has 0 aliphatic heterocycles. The highest BCUT2D eigenvalue weighted by Crippen LogP contribution is 2.05. The van der Waals surface area contributed by atoms with Gasteiger partial charge in [-0.2, -0.15) is 0 Å². The van der Waals surface area contributed by atoms with Crippen LogP contribution in [-0.4, -0.2) is 31.7 Å². The average molecular weight is 258 g/mol. The Labute approximate surface area is 112 Å². The van der Waals surface area contributed by atoms with E-state index in [0.717, 1.165) is 12.8 Å². The van der Waals surface area contributed by atoms with E-state index in [1.807, 2.05) is 6.92 Å². The molecule has 3 N–H and O–H groups in total. The molecule has 4 nitrogen and oxygen atoms in total. The first-order valence-corrected chi connectivity index (χ1v) is 7.16. The number of rotatable bonds is 11. The fourth-order valence-corrected chi connectivity index (χ4v) is 1.88. The van der Waals surface area contributed by atoms with Crippen molar-refractivity contribution in [2.24, 2.45) is 5.73 Å². The highest BCUT2D eigenvalue weighted by molar-refractivity contribution is 5.81. The molecule has 4 heteroatoms. The van der Waals surface area contributed by atoms with E-state index in [0.29, 0.717) is 13.0 Å². The molecular weight excluding hydrogens is 228 g/mol. The molecule has 0 saturated heterocycles. The minimum atomic E-state index is -0.404. The maximum Gasteiger partial charge on any atom is 0.237 e. The standard InChI is InChI=1S/C14H30N2O2/c1-4-5-6-7-9-12(2)16-14(17)13(15)10-8-11-18-3/h12-13H,4-11,15H2,1-3H3,(H,16,17). The Balaban J connectivity index is 3.64. The molecule has 18 heavy (non-hydrogen) atoms. The van der Waals surface area contributed by atoms with Gasteiger partial charge in [-0.3, -0.25) is 4.79 Å². The molecule has 0 rings (SSSR count). The van der Waals surface area contributed by atoms with E-state index >= 15 is 0 Å². The summed E-state index contributed by atoms with van der Waals surface area (Å²) in [6.45, 7) is 4.91. The van der Waals surface area contributed by atoms with Gasteiger partial charge in [0.15, 0.2) is 0 Å². The number of hydrogen-bond acceptors (Lipinski definition) is 3. The van der Waals surface area contributed by atoms with Crippen LogP contribution in [0, 0.1) is 0 Å². The average Bonchev–Trinajstić information content (AvgIpc) is 2.34. The molecule has 2 unspecified atom stereocenters. The Morgan fingerprint density at radius 3 is 2.56 bits per heavy atom. The quantitative estimate of drug-likeness (QED) is 0.558. The van der Waals surface area contributed by atoms with Crippen molar-refractivity contribution in [2.45, 2.75) is 70.9 Å². The van der Waals surface area contributed by atoms with E-state index in [2.05, 4.69) is 12.2 Å². The van der Waals surface area contributed by atoms with Crippen LogP contribution in [0.15, 0.2) is 0 Å². The number of nitrogens with two attached hydrogens (primary N) is 1. The van der Waals surface area contributed by atoms with Crippen molar-refractivity contribution in [1.82, 2.24) is 5.32 Å². The van der Waals surface area contributed by atoms with Gasteiger partial charge in [-0.1, -0.05) is 32.6 Å². The number of ether oxygens (including phenoxy) is 1. The zero-order valence-electron chi connectivity index (χ0n) is 12.2. The monoisotopic (exact) mass is 258 g/mol. The second-order valence-electron chi connectivity index (χ2n) is 5.00. The predicted octanol–water partition coefficient (Wildman–Crippen LogP) is 2.22. The summed E-state index contributed by atoms with van der Waals surface area (Å²) < 4.78 is 4.94. The molecule has 0 radical (unpaired) electrons. The lowest BCUT2D eigenvalue weighted by Crippen LogP contribution is -2.44. The summed E-state index contributed by atoms with van der Waals surface area (Å²) in [4.78, 5) is 11.8. The van der Waals surface area contributed by atoms with Crippen LogP contribution in [0.5, 0.6) is 0 Å². The Morgan fingerprint density at radius 1 is 1.22 bits per heavy atom. The topological polar surface area (TPSA) is 64.4 Å². The summed E-state index contributed by atoms with van der Waals surface area (Å²) in [5, 5.41) is 2.98. The molecule has 0 heterocycles. The third-order valence-corrected chi connectivity index (χ3v) is 3.08. The first-order chi connectivity index (χ1) is 8.61. The van der Waals surface area contributed by atoms with Gasteiger partial charge in [-0.25, -0.2) is 0 Å².